The van der Waals surface area contributed by atoms with Crippen molar-refractivity contribution in [2.75, 3.05) is 4.72 Å². The lowest BCUT2D eigenvalue weighted by molar-refractivity contribution is -0.386. The van der Waals surface area contributed by atoms with Gasteiger partial charge >= 0.3 is 12.3 Å². The van der Waals surface area contributed by atoms with Crippen LogP contribution >= 0.6 is 11.6 Å². The summed E-state index contributed by atoms with van der Waals surface area (Å²) in [5.74, 6) is -1.04. The molecule has 0 radical (unpaired) electrons. The van der Waals surface area contributed by atoms with Crippen molar-refractivity contribution < 1.29 is 32.0 Å². The molecule has 0 aromatic heterocycles. The minimum absolute atomic E-state index is 0.0812. The zero-order valence-electron chi connectivity index (χ0n) is 12.0. The molecule has 0 amide bonds. The number of ether oxygens (including phenoxy) is 1. The lowest BCUT2D eigenvalue weighted by Gasteiger charge is -2.11. The number of nitrogens with zero attached hydrogens (tertiary/aromatic N) is 1. The standard InChI is InChI=1S/C13H9ClF2N2O6S/c14-9-5-7(1-4-12(9)24-13(15)16)17-25(22,23)8-2-3-11(19)10(6-8)18(20)21/h1-6,13,17,19H. The van der Waals surface area contributed by atoms with Gasteiger partial charge in [0, 0.05) is 6.07 Å². The molecule has 0 aliphatic heterocycles. The minimum Gasteiger partial charge on any atom is -0.502 e. The lowest BCUT2D eigenvalue weighted by Crippen LogP contribution is -2.13. The van der Waals surface area contributed by atoms with Gasteiger partial charge in [-0.25, -0.2) is 8.42 Å². The third kappa shape index (κ3) is 4.45. The molecule has 0 saturated heterocycles. The number of rotatable bonds is 6. The molecule has 0 aliphatic rings. The highest BCUT2D eigenvalue weighted by molar-refractivity contribution is 7.92. The van der Waals surface area contributed by atoms with Gasteiger partial charge in [0.15, 0.2) is 5.75 Å². The molecule has 0 fully saturated rings. The fourth-order valence-electron chi connectivity index (χ4n) is 1.79. The van der Waals surface area contributed by atoms with Crippen molar-refractivity contribution in [3.8, 4) is 11.5 Å². The molecule has 2 aromatic rings. The van der Waals surface area contributed by atoms with Crippen molar-refractivity contribution >= 4 is 33.0 Å². The van der Waals surface area contributed by atoms with Gasteiger partial charge in [0.25, 0.3) is 10.0 Å². The Labute approximate surface area is 144 Å². The van der Waals surface area contributed by atoms with Gasteiger partial charge in [-0.1, -0.05) is 11.6 Å². The number of hydrogen-bond acceptors (Lipinski definition) is 6. The summed E-state index contributed by atoms with van der Waals surface area (Å²) in [6.45, 7) is -3.10. The molecular weight excluding hydrogens is 386 g/mol. The van der Waals surface area contributed by atoms with Crippen LogP contribution < -0.4 is 9.46 Å². The Morgan fingerprint density at radius 3 is 2.48 bits per heavy atom. The Balaban J connectivity index is 2.31. The summed E-state index contributed by atoms with van der Waals surface area (Å²) < 4.78 is 55.0. The quantitative estimate of drug-likeness (QED) is 0.572. The molecule has 0 heterocycles. The van der Waals surface area contributed by atoms with Gasteiger partial charge in [-0.2, -0.15) is 8.78 Å². The number of nitro benzene ring substituents is 1. The number of phenolic OH excluding ortho intramolecular Hbond substituents is 1. The average molecular weight is 395 g/mol. The fraction of sp³-hybridized carbons (Fsp3) is 0.0769. The van der Waals surface area contributed by atoms with Crippen molar-refractivity contribution in [1.82, 2.24) is 0 Å². The number of halogens is 3. The number of phenols is 1. The maximum Gasteiger partial charge on any atom is 0.387 e. The molecule has 0 aliphatic carbocycles. The molecule has 25 heavy (non-hydrogen) atoms. The molecule has 0 saturated carbocycles. The first kappa shape index (κ1) is 18.7. The predicted molar refractivity (Wildman–Crippen MR) is 83.7 cm³/mol. The van der Waals surface area contributed by atoms with Gasteiger partial charge in [-0.05, 0) is 30.3 Å². The van der Waals surface area contributed by atoms with Gasteiger partial charge in [0.1, 0.15) is 5.75 Å². The minimum atomic E-state index is -4.25. The summed E-state index contributed by atoms with van der Waals surface area (Å²) in [6.07, 6.45) is 0. The van der Waals surface area contributed by atoms with Crippen LogP contribution in [0.25, 0.3) is 0 Å². The Morgan fingerprint density at radius 1 is 1.24 bits per heavy atom. The summed E-state index contributed by atoms with van der Waals surface area (Å²) >= 11 is 5.72. The normalized spacial score (nSPS) is 11.4. The summed E-state index contributed by atoms with van der Waals surface area (Å²) in [6, 6.07) is 5.68. The van der Waals surface area contributed by atoms with E-state index in [1.165, 1.54) is 0 Å². The molecule has 2 N–H and O–H groups in total. The average Bonchev–Trinajstić information content (AvgIpc) is 2.49. The van der Waals surface area contributed by atoms with Gasteiger partial charge < -0.3 is 9.84 Å². The maximum absolute atomic E-state index is 12.3. The maximum atomic E-state index is 12.3. The van der Waals surface area contributed by atoms with Crippen LogP contribution in [0.4, 0.5) is 20.2 Å². The van der Waals surface area contributed by atoms with Crippen molar-refractivity contribution in [2.24, 2.45) is 0 Å². The summed E-state index contributed by atoms with van der Waals surface area (Å²) in [7, 11) is -4.25. The monoisotopic (exact) mass is 394 g/mol. The summed E-state index contributed by atoms with van der Waals surface area (Å²) in [4.78, 5) is 9.34. The number of hydrogen-bond donors (Lipinski definition) is 2. The van der Waals surface area contributed by atoms with Crippen molar-refractivity contribution in [1.29, 1.82) is 0 Å². The molecule has 0 unspecified atom stereocenters. The van der Waals surface area contributed by atoms with E-state index in [0.29, 0.717) is 6.07 Å². The molecule has 2 aromatic carbocycles. The summed E-state index contributed by atoms with van der Waals surface area (Å²) in [5.41, 5.74) is -0.871. The first-order valence-electron chi connectivity index (χ1n) is 6.35. The number of nitrogens with one attached hydrogen (secondary N) is 1. The van der Waals surface area contributed by atoms with Crippen molar-refractivity contribution in [3.63, 3.8) is 0 Å². The second kappa shape index (κ2) is 7.07. The first-order valence-corrected chi connectivity index (χ1v) is 8.21. The van der Waals surface area contributed by atoms with E-state index in [0.717, 1.165) is 30.3 Å². The van der Waals surface area contributed by atoms with Crippen LogP contribution in [0.5, 0.6) is 11.5 Å². The van der Waals surface area contributed by atoms with E-state index in [1.807, 2.05) is 0 Å². The van der Waals surface area contributed by atoms with Crippen LogP contribution in [0.3, 0.4) is 0 Å². The smallest absolute Gasteiger partial charge is 0.387 e. The third-order valence-electron chi connectivity index (χ3n) is 2.85. The van der Waals surface area contributed by atoms with E-state index in [1.54, 1.807) is 0 Å². The molecule has 2 rings (SSSR count). The van der Waals surface area contributed by atoms with Crippen LogP contribution in [-0.2, 0) is 10.0 Å². The predicted octanol–water partition coefficient (Wildman–Crippen LogP) is 3.36. The van der Waals surface area contributed by atoms with Gasteiger partial charge in [-0.15, -0.1) is 0 Å². The number of alkyl halides is 2. The third-order valence-corrected chi connectivity index (χ3v) is 4.53. The molecule has 0 atom stereocenters. The van der Waals surface area contributed by atoms with Crippen molar-refractivity contribution in [3.05, 3.63) is 51.5 Å². The molecule has 0 bridgehead atoms. The number of anilines is 1. The van der Waals surface area contributed by atoms with E-state index < -0.39 is 37.9 Å². The summed E-state index contributed by atoms with van der Waals surface area (Å²) in [5, 5.41) is 19.9. The highest BCUT2D eigenvalue weighted by Crippen LogP contribution is 2.32. The fourth-order valence-corrected chi connectivity index (χ4v) is 3.08. The van der Waals surface area contributed by atoms with Crippen LogP contribution in [0.2, 0.25) is 5.02 Å². The molecule has 0 spiro atoms. The topological polar surface area (TPSA) is 119 Å². The molecule has 134 valence electrons. The number of sulfonamides is 1. The zero-order chi connectivity index (χ0) is 18.8. The van der Waals surface area contributed by atoms with Gasteiger partial charge in [0.2, 0.25) is 0 Å². The highest BCUT2D eigenvalue weighted by Gasteiger charge is 2.21. The van der Waals surface area contributed by atoms with Crippen LogP contribution in [-0.4, -0.2) is 25.1 Å². The number of aromatic hydroxyl groups is 1. The number of nitro groups is 1. The van der Waals surface area contributed by atoms with Gasteiger partial charge in [0.05, 0.1) is 20.5 Å². The second-order valence-electron chi connectivity index (χ2n) is 4.54. The molecule has 8 nitrogen and oxygen atoms in total. The van der Waals surface area contributed by atoms with E-state index in [9.17, 15) is 32.4 Å². The Bertz CT molecular complexity index is 923. The van der Waals surface area contributed by atoms with Crippen LogP contribution in [0.1, 0.15) is 0 Å². The van der Waals surface area contributed by atoms with Crippen molar-refractivity contribution in [2.45, 2.75) is 11.5 Å². The lowest BCUT2D eigenvalue weighted by atomic mass is 10.3. The van der Waals surface area contributed by atoms with Crippen LogP contribution in [0.15, 0.2) is 41.3 Å². The Kier molecular flexibility index (Phi) is 5.28. The SMILES string of the molecule is O=[N+]([O-])c1cc(S(=O)(=O)Nc2ccc(OC(F)F)c(Cl)c2)ccc1O. The molecule has 12 heteroatoms. The first-order chi connectivity index (χ1) is 11.6. The number of benzene rings is 2. The Hall–Kier alpha value is -2.66. The van der Waals surface area contributed by atoms with E-state index in [4.69, 9.17) is 11.6 Å². The highest BCUT2D eigenvalue weighted by atomic mass is 35.5. The van der Waals surface area contributed by atoms with E-state index >= 15 is 0 Å². The Morgan fingerprint density at radius 2 is 1.92 bits per heavy atom. The molecular formula is C13H9ClF2N2O6S. The van der Waals surface area contributed by atoms with E-state index in [2.05, 4.69) is 9.46 Å². The van der Waals surface area contributed by atoms with Gasteiger partial charge in [-0.3, -0.25) is 14.8 Å². The van der Waals surface area contributed by atoms with Crippen LogP contribution in [0, 0.1) is 10.1 Å². The zero-order valence-corrected chi connectivity index (χ0v) is 13.6. The largest absolute Gasteiger partial charge is 0.502 e. The second-order valence-corrected chi connectivity index (χ2v) is 6.63. The van der Waals surface area contributed by atoms with E-state index in [-0.39, 0.29) is 16.5 Å².